The third-order valence-electron chi connectivity index (χ3n) is 3.70. The lowest BCUT2D eigenvalue weighted by Gasteiger charge is -2.32. The van der Waals surface area contributed by atoms with Crippen LogP contribution in [0.3, 0.4) is 0 Å². The van der Waals surface area contributed by atoms with E-state index in [0.717, 1.165) is 12.3 Å². The molecule has 0 radical (unpaired) electrons. The Morgan fingerprint density at radius 3 is 2.41 bits per heavy atom. The molecule has 122 valence electrons. The largest absolute Gasteiger partial charge is 0.417 e. The predicted octanol–water partition coefficient (Wildman–Crippen LogP) is 2.84. The number of halogens is 3. The highest BCUT2D eigenvalue weighted by Gasteiger charge is 2.31. The van der Waals surface area contributed by atoms with Gasteiger partial charge < -0.3 is 10.2 Å². The molecule has 1 fully saturated rings. The monoisotopic (exact) mass is 315 g/mol. The number of alkyl halides is 3. The van der Waals surface area contributed by atoms with Gasteiger partial charge in [0.2, 0.25) is 5.91 Å². The average molecular weight is 315 g/mol. The second kappa shape index (κ2) is 6.54. The van der Waals surface area contributed by atoms with E-state index < -0.39 is 11.7 Å². The molecule has 1 aliphatic heterocycles. The van der Waals surface area contributed by atoms with Gasteiger partial charge >= 0.3 is 6.18 Å². The molecule has 0 spiro atoms. The lowest BCUT2D eigenvalue weighted by molar-refractivity contribution is -0.137. The molecular weight excluding hydrogens is 295 g/mol. The lowest BCUT2D eigenvalue weighted by atomic mass is 9.95. The van der Waals surface area contributed by atoms with Crippen molar-refractivity contribution in [3.05, 3.63) is 23.9 Å². The number of piperidine rings is 1. The van der Waals surface area contributed by atoms with E-state index in [1.165, 1.54) is 6.07 Å². The Morgan fingerprint density at radius 2 is 1.95 bits per heavy atom. The number of carbonyl (C=O) groups is 1. The SMILES string of the molecule is CC(C)NC(=O)C1CCN(c2ccc(C(F)(F)F)cn2)CC1. The van der Waals surface area contributed by atoms with Gasteiger partial charge in [0, 0.05) is 31.2 Å². The standard InChI is InChI=1S/C15H20F3N3O/c1-10(2)20-14(22)11-5-7-21(8-6-11)13-4-3-12(9-19-13)15(16,17)18/h3-4,9-11H,5-8H2,1-2H3,(H,20,22). The van der Waals surface area contributed by atoms with E-state index in [0.29, 0.717) is 31.7 Å². The molecule has 1 aromatic rings. The fourth-order valence-corrected chi connectivity index (χ4v) is 2.51. The van der Waals surface area contributed by atoms with Gasteiger partial charge in [-0.05, 0) is 38.8 Å². The molecule has 0 aliphatic carbocycles. The second-order valence-electron chi connectivity index (χ2n) is 5.83. The maximum Gasteiger partial charge on any atom is 0.417 e. The zero-order chi connectivity index (χ0) is 16.3. The summed E-state index contributed by atoms with van der Waals surface area (Å²) in [5, 5.41) is 2.89. The van der Waals surface area contributed by atoms with Crippen LogP contribution in [0.2, 0.25) is 0 Å². The number of aromatic nitrogens is 1. The van der Waals surface area contributed by atoms with Crippen molar-refractivity contribution in [2.45, 2.75) is 38.9 Å². The highest BCUT2D eigenvalue weighted by atomic mass is 19.4. The fourth-order valence-electron chi connectivity index (χ4n) is 2.51. The topological polar surface area (TPSA) is 45.2 Å². The minimum absolute atomic E-state index is 0.0342. The lowest BCUT2D eigenvalue weighted by Crippen LogP contribution is -2.42. The van der Waals surface area contributed by atoms with Crippen molar-refractivity contribution in [1.82, 2.24) is 10.3 Å². The smallest absolute Gasteiger partial charge is 0.357 e. The Morgan fingerprint density at radius 1 is 1.32 bits per heavy atom. The minimum Gasteiger partial charge on any atom is -0.357 e. The molecule has 1 aliphatic rings. The Bertz CT molecular complexity index is 506. The minimum atomic E-state index is -4.37. The Kier molecular flexibility index (Phi) is 4.93. The zero-order valence-corrected chi connectivity index (χ0v) is 12.7. The molecular formula is C15H20F3N3O. The Labute approximate surface area is 127 Å². The zero-order valence-electron chi connectivity index (χ0n) is 12.7. The summed E-state index contributed by atoms with van der Waals surface area (Å²) in [6.45, 7) is 5.07. The maximum atomic E-state index is 12.5. The van der Waals surface area contributed by atoms with Crippen LogP contribution in [-0.4, -0.2) is 30.0 Å². The summed E-state index contributed by atoms with van der Waals surface area (Å²) in [4.78, 5) is 17.7. The Balaban J connectivity index is 1.93. The number of nitrogens with one attached hydrogen (secondary N) is 1. The summed E-state index contributed by atoms with van der Waals surface area (Å²) in [7, 11) is 0. The van der Waals surface area contributed by atoms with E-state index in [-0.39, 0.29) is 17.9 Å². The van der Waals surface area contributed by atoms with Crippen molar-refractivity contribution in [3.63, 3.8) is 0 Å². The van der Waals surface area contributed by atoms with E-state index in [2.05, 4.69) is 10.3 Å². The summed E-state index contributed by atoms with van der Waals surface area (Å²) in [6.07, 6.45) is -2.15. The molecule has 2 heterocycles. The highest BCUT2D eigenvalue weighted by molar-refractivity contribution is 5.79. The Hall–Kier alpha value is -1.79. The molecule has 0 atom stereocenters. The first-order valence-electron chi connectivity index (χ1n) is 7.36. The molecule has 1 N–H and O–H groups in total. The van der Waals surface area contributed by atoms with Crippen LogP contribution in [0.4, 0.5) is 19.0 Å². The number of hydrogen-bond donors (Lipinski definition) is 1. The van der Waals surface area contributed by atoms with E-state index in [4.69, 9.17) is 0 Å². The first-order chi connectivity index (χ1) is 10.3. The van der Waals surface area contributed by atoms with Crippen LogP contribution in [0.15, 0.2) is 18.3 Å². The molecule has 1 amide bonds. The van der Waals surface area contributed by atoms with Gasteiger partial charge in [0.25, 0.3) is 0 Å². The van der Waals surface area contributed by atoms with Gasteiger partial charge in [0.15, 0.2) is 0 Å². The van der Waals surface area contributed by atoms with Crippen molar-refractivity contribution in [2.75, 3.05) is 18.0 Å². The van der Waals surface area contributed by atoms with Crippen molar-refractivity contribution >= 4 is 11.7 Å². The first kappa shape index (κ1) is 16.6. The van der Waals surface area contributed by atoms with Crippen LogP contribution < -0.4 is 10.2 Å². The molecule has 1 saturated heterocycles. The van der Waals surface area contributed by atoms with Crippen molar-refractivity contribution in [2.24, 2.45) is 5.92 Å². The molecule has 7 heteroatoms. The summed E-state index contributed by atoms with van der Waals surface area (Å²) >= 11 is 0. The van der Waals surface area contributed by atoms with Gasteiger partial charge in [-0.15, -0.1) is 0 Å². The molecule has 2 rings (SSSR count). The van der Waals surface area contributed by atoms with Crippen molar-refractivity contribution < 1.29 is 18.0 Å². The molecule has 0 bridgehead atoms. The fraction of sp³-hybridized carbons (Fsp3) is 0.600. The average Bonchev–Trinajstić information content (AvgIpc) is 2.46. The van der Waals surface area contributed by atoms with Crippen LogP contribution in [0.5, 0.6) is 0 Å². The number of amides is 1. The third-order valence-corrected chi connectivity index (χ3v) is 3.70. The van der Waals surface area contributed by atoms with Gasteiger partial charge in [-0.1, -0.05) is 0 Å². The van der Waals surface area contributed by atoms with Crippen molar-refractivity contribution in [3.8, 4) is 0 Å². The first-order valence-corrected chi connectivity index (χ1v) is 7.36. The number of pyridine rings is 1. The van der Waals surface area contributed by atoms with Gasteiger partial charge in [0.05, 0.1) is 5.56 Å². The molecule has 0 saturated carbocycles. The summed E-state index contributed by atoms with van der Waals surface area (Å²) in [5.74, 6) is 0.541. The van der Waals surface area contributed by atoms with E-state index in [9.17, 15) is 18.0 Å². The second-order valence-corrected chi connectivity index (χ2v) is 5.83. The summed E-state index contributed by atoms with van der Waals surface area (Å²) in [6, 6.07) is 2.54. The summed E-state index contributed by atoms with van der Waals surface area (Å²) in [5.41, 5.74) is -0.748. The van der Waals surface area contributed by atoms with E-state index in [1.807, 2.05) is 18.7 Å². The maximum absolute atomic E-state index is 12.5. The molecule has 0 aromatic carbocycles. The number of hydrogen-bond acceptors (Lipinski definition) is 3. The van der Waals surface area contributed by atoms with Crippen molar-refractivity contribution in [1.29, 1.82) is 0 Å². The number of anilines is 1. The molecule has 22 heavy (non-hydrogen) atoms. The summed E-state index contributed by atoms with van der Waals surface area (Å²) < 4.78 is 37.5. The molecule has 1 aromatic heterocycles. The van der Waals surface area contributed by atoms with E-state index >= 15 is 0 Å². The number of carbonyl (C=O) groups excluding carboxylic acids is 1. The molecule has 0 unspecified atom stereocenters. The van der Waals surface area contributed by atoms with Crippen LogP contribution in [0, 0.1) is 5.92 Å². The van der Waals surface area contributed by atoms with Gasteiger partial charge in [0.1, 0.15) is 5.82 Å². The number of rotatable bonds is 3. The normalized spacial score (nSPS) is 16.9. The quantitative estimate of drug-likeness (QED) is 0.933. The van der Waals surface area contributed by atoms with Crippen LogP contribution in [-0.2, 0) is 11.0 Å². The van der Waals surface area contributed by atoms with Crippen LogP contribution in [0.1, 0.15) is 32.3 Å². The van der Waals surface area contributed by atoms with Crippen LogP contribution >= 0.6 is 0 Å². The van der Waals surface area contributed by atoms with Gasteiger partial charge in [-0.3, -0.25) is 4.79 Å². The van der Waals surface area contributed by atoms with Crippen LogP contribution in [0.25, 0.3) is 0 Å². The van der Waals surface area contributed by atoms with Gasteiger partial charge in [-0.2, -0.15) is 13.2 Å². The predicted molar refractivity (Wildman–Crippen MR) is 77.5 cm³/mol. The number of nitrogens with zero attached hydrogens (tertiary/aromatic N) is 2. The van der Waals surface area contributed by atoms with Gasteiger partial charge in [-0.25, -0.2) is 4.98 Å². The van der Waals surface area contributed by atoms with E-state index in [1.54, 1.807) is 0 Å². The third kappa shape index (κ3) is 4.11. The molecule has 4 nitrogen and oxygen atoms in total. The highest BCUT2D eigenvalue weighted by Crippen LogP contribution is 2.30.